The van der Waals surface area contributed by atoms with Gasteiger partial charge in [0.2, 0.25) is 35.4 Å². The zero-order valence-corrected chi connectivity index (χ0v) is 43.3. The highest BCUT2D eigenvalue weighted by Crippen LogP contribution is 2.21. The molecule has 0 saturated carbocycles. The number of fused-ring (bicyclic) bond motifs is 3. The third kappa shape index (κ3) is 16.6. The van der Waals surface area contributed by atoms with E-state index >= 15 is 9.59 Å². The first-order valence-corrected chi connectivity index (χ1v) is 26.0. The number of carbonyl (C=O) groups is 6. The molecule has 0 bridgehead atoms. The molecule has 1 aliphatic heterocycles. The van der Waals surface area contributed by atoms with Crippen LogP contribution in [0.3, 0.4) is 0 Å². The molecule has 7 rings (SSSR count). The monoisotopic (exact) mass is 1060 g/mol. The Kier molecular flexibility index (Phi) is 19.9. The summed E-state index contributed by atoms with van der Waals surface area (Å²) in [4.78, 5) is 101. The van der Waals surface area contributed by atoms with Crippen molar-refractivity contribution in [3.05, 3.63) is 144 Å². The average Bonchev–Trinajstić information content (AvgIpc) is 3.44. The van der Waals surface area contributed by atoms with Gasteiger partial charge in [0.1, 0.15) is 36.3 Å². The molecule has 408 valence electrons. The van der Waals surface area contributed by atoms with Gasteiger partial charge in [0.25, 0.3) is 0 Å². The van der Waals surface area contributed by atoms with Crippen LogP contribution in [0.15, 0.2) is 142 Å². The summed E-state index contributed by atoms with van der Waals surface area (Å²) in [5.74, 6) is -4.94. The highest BCUT2D eigenvalue weighted by atomic mass is 16.2. The maximum absolute atomic E-state index is 15.2. The Labute approximate surface area is 451 Å². The summed E-state index contributed by atoms with van der Waals surface area (Å²) in [5.41, 5.74) is 35.8. The number of nitrogens with two attached hydrogens (primary N) is 6. The first-order chi connectivity index (χ1) is 37.6. The first kappa shape index (κ1) is 56.5. The fourth-order valence-electron chi connectivity index (χ4n) is 9.38. The van der Waals surface area contributed by atoms with Gasteiger partial charge in [-0.3, -0.25) is 43.7 Å². The van der Waals surface area contributed by atoms with Crippen molar-refractivity contribution >= 4 is 85.6 Å². The Morgan fingerprint density at radius 1 is 0.321 bits per heavy atom. The number of aliphatic imine (C=N–C) groups is 3. The van der Waals surface area contributed by atoms with Crippen molar-refractivity contribution in [2.75, 3.05) is 19.6 Å². The quantitative estimate of drug-likeness (QED) is 0.0329. The molecule has 6 amide bonds. The summed E-state index contributed by atoms with van der Waals surface area (Å²) in [7, 11) is 0. The molecule has 21 nitrogen and oxygen atoms in total. The van der Waals surface area contributed by atoms with Gasteiger partial charge in [0.15, 0.2) is 17.9 Å². The second-order valence-corrected chi connectivity index (χ2v) is 19.4. The third-order valence-corrected chi connectivity index (χ3v) is 13.4. The summed E-state index contributed by atoms with van der Waals surface area (Å²) in [6.07, 6.45) is 0.461. The Balaban J connectivity index is 1.33. The van der Waals surface area contributed by atoms with E-state index in [9.17, 15) is 19.2 Å². The van der Waals surface area contributed by atoms with Crippen LogP contribution in [0.4, 0.5) is 0 Å². The van der Waals surface area contributed by atoms with Crippen LogP contribution in [0, 0.1) is 0 Å². The molecule has 0 aromatic heterocycles. The smallest absolute Gasteiger partial charge is 0.243 e. The van der Waals surface area contributed by atoms with Crippen molar-refractivity contribution in [2.45, 2.75) is 94.0 Å². The molecule has 6 aromatic rings. The lowest BCUT2D eigenvalue weighted by molar-refractivity contribution is -0.136. The van der Waals surface area contributed by atoms with Gasteiger partial charge in [0.05, 0.1) is 0 Å². The highest BCUT2D eigenvalue weighted by Gasteiger charge is 2.35. The predicted octanol–water partition coefficient (Wildman–Crippen LogP) is 1.26. The molecule has 0 spiro atoms. The van der Waals surface area contributed by atoms with Crippen LogP contribution in [-0.2, 0) is 48.0 Å². The number of rotatable bonds is 18. The van der Waals surface area contributed by atoms with Crippen molar-refractivity contribution in [2.24, 2.45) is 49.4 Å². The Morgan fingerprint density at radius 2 is 0.551 bits per heavy atom. The second-order valence-electron chi connectivity index (χ2n) is 19.4. The summed E-state index contributed by atoms with van der Waals surface area (Å²) in [6, 6.07) is 32.2. The molecule has 6 aromatic carbocycles. The number of nitrogens with one attached hydrogen (secondary N) is 6. The van der Waals surface area contributed by atoms with Crippen molar-refractivity contribution in [1.29, 1.82) is 0 Å². The maximum Gasteiger partial charge on any atom is 0.243 e. The fourth-order valence-corrected chi connectivity index (χ4v) is 9.38. The minimum Gasteiger partial charge on any atom is -0.370 e. The van der Waals surface area contributed by atoms with Crippen molar-refractivity contribution < 1.29 is 28.8 Å². The molecular formula is C57H69N15O6. The molecule has 18 N–H and O–H groups in total. The lowest BCUT2D eigenvalue weighted by Gasteiger charge is -2.29. The van der Waals surface area contributed by atoms with Crippen LogP contribution in [0.5, 0.6) is 0 Å². The first-order valence-electron chi connectivity index (χ1n) is 26.0. The predicted molar refractivity (Wildman–Crippen MR) is 304 cm³/mol. The fraction of sp³-hybridized carbons (Fsp3) is 0.316. The minimum atomic E-state index is -1.33. The van der Waals surface area contributed by atoms with Gasteiger partial charge < -0.3 is 66.3 Å². The van der Waals surface area contributed by atoms with E-state index in [-0.39, 0.29) is 95.3 Å². The lowest BCUT2D eigenvalue weighted by Crippen LogP contribution is -2.62. The Morgan fingerprint density at radius 3 is 0.808 bits per heavy atom. The van der Waals surface area contributed by atoms with Crippen LogP contribution >= 0.6 is 0 Å². The number of benzene rings is 6. The topological polar surface area (TPSA) is 368 Å². The van der Waals surface area contributed by atoms with Crippen LogP contribution in [0.2, 0.25) is 0 Å². The number of guanidine groups is 3. The number of nitrogens with zero attached hydrogens (tertiary/aromatic N) is 3. The summed E-state index contributed by atoms with van der Waals surface area (Å²) < 4.78 is 0. The Hall–Kier alpha value is -9.27. The van der Waals surface area contributed by atoms with E-state index in [4.69, 9.17) is 34.4 Å². The second kappa shape index (κ2) is 27.5. The summed E-state index contributed by atoms with van der Waals surface area (Å²) in [5, 5.41) is 22.8. The van der Waals surface area contributed by atoms with Crippen LogP contribution in [0.25, 0.3) is 32.3 Å². The van der Waals surface area contributed by atoms with Gasteiger partial charge in [-0.25, -0.2) is 0 Å². The van der Waals surface area contributed by atoms with E-state index in [1.165, 1.54) is 0 Å². The van der Waals surface area contributed by atoms with E-state index in [2.05, 4.69) is 46.9 Å². The lowest BCUT2D eigenvalue weighted by atomic mass is 9.97. The van der Waals surface area contributed by atoms with Gasteiger partial charge in [-0.15, -0.1) is 0 Å². The molecule has 0 radical (unpaired) electrons. The SMILES string of the molecule is NC(N)=NCCC[C@@H]1NC(=O)[C@H](CCCN=C(N)N)NC(=O)[C@H](Cc2ccc3ccccc3c2)NC(=O)[C@H](Cc2ccc3ccccc3c2)NC(=O)[C@H](Cc2ccc3ccccc3c2)NC(=O)[C@H](CCCN=C(N)N)NC1=O. The number of hydrogen-bond acceptors (Lipinski definition) is 9. The average molecular weight is 1060 g/mol. The minimum absolute atomic E-state index is 0.0115. The Bertz CT molecular complexity index is 3100. The molecule has 1 saturated heterocycles. The maximum atomic E-state index is 15.2. The molecular weight excluding hydrogens is 991 g/mol. The summed E-state index contributed by atoms with van der Waals surface area (Å²) >= 11 is 0. The zero-order chi connectivity index (χ0) is 55.6. The van der Waals surface area contributed by atoms with Crippen LogP contribution in [0.1, 0.15) is 55.2 Å². The zero-order valence-electron chi connectivity index (χ0n) is 43.3. The van der Waals surface area contributed by atoms with E-state index in [0.29, 0.717) is 16.7 Å². The van der Waals surface area contributed by atoms with Crippen molar-refractivity contribution in [1.82, 2.24) is 31.9 Å². The number of hydrogen-bond donors (Lipinski definition) is 12. The largest absolute Gasteiger partial charge is 0.370 e. The molecule has 1 heterocycles. The van der Waals surface area contributed by atoms with Crippen LogP contribution < -0.4 is 66.3 Å². The van der Waals surface area contributed by atoms with Gasteiger partial charge in [-0.1, -0.05) is 127 Å². The van der Waals surface area contributed by atoms with Gasteiger partial charge in [-0.2, -0.15) is 0 Å². The molecule has 1 aliphatic rings. The summed E-state index contributed by atoms with van der Waals surface area (Å²) in [6.45, 7) is 0.277. The van der Waals surface area contributed by atoms with E-state index < -0.39 is 71.7 Å². The highest BCUT2D eigenvalue weighted by molar-refractivity contribution is 5.99. The van der Waals surface area contributed by atoms with E-state index in [1.807, 2.05) is 127 Å². The molecule has 0 unspecified atom stereocenters. The number of carbonyl (C=O) groups excluding carboxylic acids is 6. The standard InChI is InChI=1S/C57H69N15O6/c58-55(59)64-25-7-16-43-49(73)68-45(18-9-27-66-57(62)63)51(75)70-47(32-35-20-23-38-11-2-5-14-41(38)29-35)53(77)72-48(33-36-21-24-39-12-3-6-15-42(39)30-36)54(78)71-46(31-34-19-22-37-10-1-4-13-40(37)28-34)52(76)69-44(50(74)67-43)17-8-26-65-56(60)61/h1-6,10-15,19-24,28-30,43-48H,7-9,16-18,25-27,31-33H2,(H,67,74)(H,68,73)(H,69,76)(H,70,75)(H,71,78)(H,72,77)(H4,58,59,64)(H4,60,61,65)(H4,62,63,66)/t43-,44-,45-,46-,47-,48-/m0/s1. The van der Waals surface area contributed by atoms with E-state index in [0.717, 1.165) is 32.3 Å². The molecule has 6 atom stereocenters. The van der Waals surface area contributed by atoms with Gasteiger partial charge in [-0.05, 0) is 87.5 Å². The van der Waals surface area contributed by atoms with Crippen molar-refractivity contribution in [3.8, 4) is 0 Å². The molecule has 78 heavy (non-hydrogen) atoms. The van der Waals surface area contributed by atoms with Crippen LogP contribution in [-0.4, -0.2) is 109 Å². The van der Waals surface area contributed by atoms with Crippen molar-refractivity contribution in [3.63, 3.8) is 0 Å². The molecule has 0 aliphatic carbocycles. The van der Waals surface area contributed by atoms with Gasteiger partial charge in [0, 0.05) is 38.9 Å². The normalized spacial score (nSPS) is 19.7. The number of amides is 6. The van der Waals surface area contributed by atoms with Gasteiger partial charge >= 0.3 is 0 Å². The molecule has 1 fully saturated rings. The van der Waals surface area contributed by atoms with E-state index in [1.54, 1.807) is 0 Å². The third-order valence-electron chi connectivity index (χ3n) is 13.4. The molecule has 21 heteroatoms.